The van der Waals surface area contributed by atoms with Crippen molar-refractivity contribution in [3.63, 3.8) is 0 Å². The van der Waals surface area contributed by atoms with E-state index in [0.717, 1.165) is 10.0 Å². The van der Waals surface area contributed by atoms with Crippen LogP contribution in [-0.2, 0) is 14.8 Å². The molecule has 1 N–H and O–H groups in total. The number of halogens is 2. The van der Waals surface area contributed by atoms with Crippen molar-refractivity contribution in [3.8, 4) is 0 Å². The maximum Gasteiger partial charge on any atom is 0.241 e. The van der Waals surface area contributed by atoms with Crippen LogP contribution >= 0.6 is 31.9 Å². The summed E-state index contributed by atoms with van der Waals surface area (Å²) in [7, 11) is -2.03. The van der Waals surface area contributed by atoms with Crippen LogP contribution < -0.4 is 4.72 Å². The molecule has 0 aliphatic heterocycles. The molecule has 0 amide bonds. The first-order valence-electron chi connectivity index (χ1n) is 5.59. The largest absolute Gasteiger partial charge is 0.377 e. The molecule has 0 atom stereocenters. The van der Waals surface area contributed by atoms with Crippen LogP contribution in [0.4, 0.5) is 0 Å². The zero-order valence-corrected chi connectivity index (χ0v) is 15.2. The number of benzene rings is 1. The molecule has 0 radical (unpaired) electrons. The van der Waals surface area contributed by atoms with Gasteiger partial charge in [0.1, 0.15) is 0 Å². The van der Waals surface area contributed by atoms with Crippen LogP contribution in [0.25, 0.3) is 0 Å². The van der Waals surface area contributed by atoms with E-state index >= 15 is 0 Å². The van der Waals surface area contributed by atoms with Crippen LogP contribution in [0.2, 0.25) is 0 Å². The van der Waals surface area contributed by atoms with E-state index in [0.29, 0.717) is 4.47 Å². The van der Waals surface area contributed by atoms with Gasteiger partial charge in [-0.05, 0) is 54.4 Å². The Balaban J connectivity index is 3.05. The van der Waals surface area contributed by atoms with Crippen molar-refractivity contribution in [1.82, 2.24) is 4.72 Å². The topological polar surface area (TPSA) is 55.4 Å². The van der Waals surface area contributed by atoms with Crippen molar-refractivity contribution in [2.24, 2.45) is 0 Å². The highest BCUT2D eigenvalue weighted by atomic mass is 79.9. The van der Waals surface area contributed by atoms with Crippen LogP contribution in [0.15, 0.2) is 26.0 Å². The van der Waals surface area contributed by atoms with E-state index in [9.17, 15) is 8.42 Å². The molecule has 0 aliphatic rings. The first-order chi connectivity index (χ1) is 8.59. The Morgan fingerprint density at radius 2 is 1.84 bits per heavy atom. The number of methoxy groups -OCH3 is 1. The molecule has 0 aliphatic carbocycles. The highest BCUT2D eigenvalue weighted by Crippen LogP contribution is 2.28. The summed E-state index contributed by atoms with van der Waals surface area (Å²) in [6.07, 6.45) is 0. The Morgan fingerprint density at radius 1 is 1.26 bits per heavy atom. The summed E-state index contributed by atoms with van der Waals surface area (Å²) >= 11 is 6.62. The Labute approximate surface area is 131 Å². The molecule has 7 heteroatoms. The normalized spacial score (nSPS) is 12.7. The average Bonchev–Trinajstić information content (AvgIpc) is 2.31. The predicted octanol–water partition coefficient (Wildman–Crippen LogP) is 3.22. The van der Waals surface area contributed by atoms with Crippen molar-refractivity contribution < 1.29 is 13.2 Å². The molecule has 0 saturated carbocycles. The second-order valence-corrected chi connectivity index (χ2v) is 8.26. The SMILES string of the molecule is COC(C)(C)CNS(=O)(=O)c1cc(Br)c(C)cc1Br. The van der Waals surface area contributed by atoms with Gasteiger partial charge < -0.3 is 4.74 Å². The molecule has 0 saturated heterocycles. The quantitative estimate of drug-likeness (QED) is 0.804. The van der Waals surface area contributed by atoms with Gasteiger partial charge in [0.2, 0.25) is 10.0 Å². The number of nitrogens with one attached hydrogen (secondary N) is 1. The van der Waals surface area contributed by atoms with Gasteiger partial charge in [-0.2, -0.15) is 0 Å². The summed E-state index contributed by atoms with van der Waals surface area (Å²) in [5, 5.41) is 0. The molecule has 1 aromatic rings. The minimum atomic E-state index is -3.58. The Hall–Kier alpha value is 0.0500. The second-order valence-electron chi connectivity index (χ2n) is 4.82. The molecule has 108 valence electrons. The molecule has 0 fully saturated rings. The number of rotatable bonds is 5. The molecule has 0 unspecified atom stereocenters. The Bertz CT molecular complexity index is 571. The lowest BCUT2D eigenvalue weighted by Gasteiger charge is -2.23. The fraction of sp³-hybridized carbons (Fsp3) is 0.500. The van der Waals surface area contributed by atoms with Gasteiger partial charge in [-0.25, -0.2) is 13.1 Å². The summed E-state index contributed by atoms with van der Waals surface area (Å²) in [6.45, 7) is 5.72. The van der Waals surface area contributed by atoms with Gasteiger partial charge in [0.25, 0.3) is 0 Å². The van der Waals surface area contributed by atoms with E-state index in [1.54, 1.807) is 19.2 Å². The van der Waals surface area contributed by atoms with Gasteiger partial charge in [-0.1, -0.05) is 15.9 Å². The lowest BCUT2D eigenvalue weighted by atomic mass is 10.1. The first kappa shape index (κ1) is 17.1. The molecule has 19 heavy (non-hydrogen) atoms. The molecule has 0 heterocycles. The monoisotopic (exact) mass is 413 g/mol. The summed E-state index contributed by atoms with van der Waals surface area (Å²) in [5.41, 5.74) is 0.407. The summed E-state index contributed by atoms with van der Waals surface area (Å²) in [4.78, 5) is 0.205. The lowest BCUT2D eigenvalue weighted by Crippen LogP contribution is -2.39. The van der Waals surface area contributed by atoms with Crippen molar-refractivity contribution in [2.75, 3.05) is 13.7 Å². The Morgan fingerprint density at radius 3 is 2.37 bits per heavy atom. The number of ether oxygens (including phenoxy) is 1. The van der Waals surface area contributed by atoms with E-state index in [4.69, 9.17) is 4.74 Å². The first-order valence-corrected chi connectivity index (χ1v) is 8.66. The van der Waals surface area contributed by atoms with Gasteiger partial charge in [0.15, 0.2) is 0 Å². The third-order valence-corrected chi connectivity index (χ3v) is 5.96. The molecule has 0 spiro atoms. The van der Waals surface area contributed by atoms with Crippen LogP contribution in [-0.4, -0.2) is 27.7 Å². The van der Waals surface area contributed by atoms with E-state index in [2.05, 4.69) is 36.6 Å². The maximum atomic E-state index is 12.3. The smallest absolute Gasteiger partial charge is 0.241 e. The van der Waals surface area contributed by atoms with E-state index in [-0.39, 0.29) is 11.4 Å². The highest BCUT2D eigenvalue weighted by Gasteiger charge is 2.23. The fourth-order valence-corrected chi connectivity index (χ4v) is 4.13. The van der Waals surface area contributed by atoms with Gasteiger partial charge in [0.05, 0.1) is 10.5 Å². The molecule has 1 rings (SSSR count). The van der Waals surface area contributed by atoms with Gasteiger partial charge in [-0.15, -0.1) is 0 Å². The number of hydrogen-bond acceptors (Lipinski definition) is 3. The standard InChI is InChI=1S/C12H17Br2NO3S/c1-8-5-10(14)11(6-9(8)13)19(16,17)15-7-12(2,3)18-4/h5-6,15H,7H2,1-4H3. The molecule has 4 nitrogen and oxygen atoms in total. The van der Waals surface area contributed by atoms with Crippen molar-refractivity contribution in [2.45, 2.75) is 31.3 Å². The van der Waals surface area contributed by atoms with Crippen molar-refractivity contribution in [3.05, 3.63) is 26.6 Å². The number of aryl methyl sites for hydroxylation is 1. The van der Waals surface area contributed by atoms with Crippen LogP contribution in [0.3, 0.4) is 0 Å². The molecular formula is C12H17Br2NO3S. The molecule has 0 bridgehead atoms. The minimum absolute atomic E-state index is 0.198. The van der Waals surface area contributed by atoms with E-state index in [1.807, 2.05) is 20.8 Å². The number of sulfonamides is 1. The van der Waals surface area contributed by atoms with E-state index in [1.165, 1.54) is 0 Å². The van der Waals surface area contributed by atoms with Crippen molar-refractivity contribution in [1.29, 1.82) is 0 Å². The van der Waals surface area contributed by atoms with E-state index < -0.39 is 15.6 Å². The van der Waals surface area contributed by atoms with Crippen LogP contribution in [0.1, 0.15) is 19.4 Å². The predicted molar refractivity (Wildman–Crippen MR) is 82.9 cm³/mol. The molecular weight excluding hydrogens is 398 g/mol. The zero-order valence-electron chi connectivity index (χ0n) is 11.3. The lowest BCUT2D eigenvalue weighted by molar-refractivity contribution is 0.0276. The average molecular weight is 415 g/mol. The fourth-order valence-electron chi connectivity index (χ4n) is 1.25. The Kier molecular flexibility index (Phi) is 5.60. The highest BCUT2D eigenvalue weighted by molar-refractivity contribution is 9.11. The maximum absolute atomic E-state index is 12.3. The van der Waals surface area contributed by atoms with Crippen molar-refractivity contribution >= 4 is 41.9 Å². The summed E-state index contributed by atoms with van der Waals surface area (Å²) in [6, 6.07) is 3.35. The van der Waals surface area contributed by atoms with Crippen LogP contribution in [0.5, 0.6) is 0 Å². The second kappa shape index (κ2) is 6.22. The summed E-state index contributed by atoms with van der Waals surface area (Å²) < 4.78 is 33.6. The van der Waals surface area contributed by atoms with Gasteiger partial charge in [0, 0.05) is 22.6 Å². The third-order valence-electron chi connectivity index (χ3n) is 2.74. The number of hydrogen-bond donors (Lipinski definition) is 1. The third kappa shape index (κ3) is 4.53. The zero-order chi connectivity index (χ0) is 14.8. The van der Waals surface area contributed by atoms with Gasteiger partial charge >= 0.3 is 0 Å². The molecule has 1 aromatic carbocycles. The summed E-state index contributed by atoms with van der Waals surface area (Å²) in [5.74, 6) is 0. The minimum Gasteiger partial charge on any atom is -0.377 e. The van der Waals surface area contributed by atoms with Crippen LogP contribution in [0, 0.1) is 6.92 Å². The molecule has 0 aromatic heterocycles. The van der Waals surface area contributed by atoms with Gasteiger partial charge in [-0.3, -0.25) is 0 Å².